The van der Waals surface area contributed by atoms with E-state index in [4.69, 9.17) is 4.42 Å². The number of halogens is 1. The molecule has 3 aromatic rings. The highest BCUT2D eigenvalue weighted by Gasteiger charge is 2.14. The van der Waals surface area contributed by atoms with Gasteiger partial charge in [-0.05, 0) is 78.7 Å². The van der Waals surface area contributed by atoms with E-state index >= 15 is 0 Å². The Morgan fingerprint density at radius 1 is 1.00 bits per heavy atom. The van der Waals surface area contributed by atoms with Crippen LogP contribution in [0.2, 0.25) is 0 Å². The number of aryl methyl sites for hydroxylation is 3. The van der Waals surface area contributed by atoms with E-state index in [0.717, 1.165) is 17.0 Å². The number of nitrogens with zero attached hydrogens (tertiary/aromatic N) is 1. The Morgan fingerprint density at radius 2 is 1.78 bits per heavy atom. The quantitative estimate of drug-likeness (QED) is 0.621. The normalized spacial score (nSPS) is 10.5. The van der Waals surface area contributed by atoms with Crippen LogP contribution in [0.3, 0.4) is 0 Å². The number of furan rings is 1. The van der Waals surface area contributed by atoms with Gasteiger partial charge in [0.25, 0.3) is 11.8 Å². The highest BCUT2D eigenvalue weighted by molar-refractivity contribution is 9.10. The number of carbonyl (C=O) groups is 2. The number of aromatic nitrogens is 1. The fourth-order valence-corrected chi connectivity index (χ4v) is 3.07. The van der Waals surface area contributed by atoms with E-state index in [2.05, 4.69) is 31.5 Å². The fourth-order valence-electron chi connectivity index (χ4n) is 2.77. The lowest BCUT2D eigenvalue weighted by Crippen LogP contribution is -2.16. The lowest BCUT2D eigenvalue weighted by atomic mass is 10.1. The largest absolute Gasteiger partial charge is 0.444 e. The van der Waals surface area contributed by atoms with Crippen LogP contribution in [0.25, 0.3) is 0 Å². The first kappa shape index (κ1) is 18.8. The van der Waals surface area contributed by atoms with Gasteiger partial charge in [0.1, 0.15) is 0 Å². The van der Waals surface area contributed by atoms with Crippen molar-refractivity contribution in [3.63, 3.8) is 0 Å². The van der Waals surface area contributed by atoms with Crippen LogP contribution in [-0.2, 0) is 0 Å². The number of nitrogens with one attached hydrogen (secondary N) is 2. The predicted octanol–water partition coefficient (Wildman–Crippen LogP) is 4.87. The predicted molar refractivity (Wildman–Crippen MR) is 107 cm³/mol. The Labute approximate surface area is 165 Å². The second-order valence-corrected chi connectivity index (χ2v) is 6.92. The number of pyridine rings is 1. The van der Waals surface area contributed by atoms with Gasteiger partial charge >= 0.3 is 0 Å². The molecule has 0 spiro atoms. The summed E-state index contributed by atoms with van der Waals surface area (Å²) >= 11 is 3.16. The van der Waals surface area contributed by atoms with Crippen molar-refractivity contribution in [3.8, 4) is 0 Å². The Morgan fingerprint density at radius 3 is 2.44 bits per heavy atom. The molecule has 2 N–H and O–H groups in total. The van der Waals surface area contributed by atoms with Crippen molar-refractivity contribution in [1.82, 2.24) is 4.98 Å². The summed E-state index contributed by atoms with van der Waals surface area (Å²) < 4.78 is 5.70. The summed E-state index contributed by atoms with van der Waals surface area (Å²) in [7, 11) is 0. The molecule has 0 aliphatic heterocycles. The molecule has 3 rings (SSSR count). The zero-order valence-electron chi connectivity index (χ0n) is 15.1. The summed E-state index contributed by atoms with van der Waals surface area (Å²) in [5, 5.41) is 5.61. The molecule has 1 aromatic carbocycles. The summed E-state index contributed by atoms with van der Waals surface area (Å²) in [5.74, 6) is -0.495. The zero-order chi connectivity index (χ0) is 19.6. The molecule has 0 radical (unpaired) electrons. The van der Waals surface area contributed by atoms with Gasteiger partial charge in [-0.2, -0.15) is 0 Å². The molecule has 2 aromatic heterocycles. The SMILES string of the molecule is Cc1cc(C)c(NC(=O)c2cccc(NC(=O)c3ccc(Br)o3)c2)c(C)n1. The van der Waals surface area contributed by atoms with E-state index in [1.54, 1.807) is 36.4 Å². The first-order valence-corrected chi connectivity index (χ1v) is 9.06. The summed E-state index contributed by atoms with van der Waals surface area (Å²) in [4.78, 5) is 29.2. The summed E-state index contributed by atoms with van der Waals surface area (Å²) in [6.45, 7) is 5.69. The number of amides is 2. The molecular formula is C20H18BrN3O3. The molecule has 2 amide bonds. The molecule has 138 valence electrons. The highest BCUT2D eigenvalue weighted by atomic mass is 79.9. The Bertz CT molecular complexity index is 1000. The van der Waals surface area contributed by atoms with Gasteiger partial charge < -0.3 is 15.1 Å². The zero-order valence-corrected chi connectivity index (χ0v) is 16.7. The standard InChI is InChI=1S/C20H18BrN3O3/c1-11-9-12(2)22-13(3)18(11)24-19(25)14-5-4-6-15(10-14)23-20(26)16-7-8-17(21)27-16/h4-10H,1-3H3,(H,23,26)(H,24,25). The summed E-state index contributed by atoms with van der Waals surface area (Å²) in [5.41, 5.74) is 4.22. The van der Waals surface area contributed by atoms with Crippen molar-refractivity contribution in [2.45, 2.75) is 20.8 Å². The number of carbonyl (C=O) groups excluding carboxylic acids is 2. The average molecular weight is 428 g/mol. The molecule has 0 saturated carbocycles. The van der Waals surface area contributed by atoms with Crippen molar-refractivity contribution >= 4 is 39.1 Å². The smallest absolute Gasteiger partial charge is 0.291 e. The third kappa shape index (κ3) is 4.43. The minimum atomic E-state index is -0.396. The monoisotopic (exact) mass is 427 g/mol. The van der Waals surface area contributed by atoms with Gasteiger partial charge in [-0.3, -0.25) is 14.6 Å². The minimum absolute atomic E-state index is 0.175. The van der Waals surface area contributed by atoms with Crippen molar-refractivity contribution in [2.24, 2.45) is 0 Å². The maximum atomic E-state index is 12.6. The molecule has 0 bridgehead atoms. The average Bonchev–Trinajstić information content (AvgIpc) is 3.04. The number of rotatable bonds is 4. The van der Waals surface area contributed by atoms with Crippen LogP contribution in [0, 0.1) is 20.8 Å². The summed E-state index contributed by atoms with van der Waals surface area (Å²) in [6, 6.07) is 11.8. The molecule has 0 aliphatic carbocycles. The molecule has 0 atom stereocenters. The first-order valence-electron chi connectivity index (χ1n) is 8.26. The number of benzene rings is 1. The van der Waals surface area contributed by atoms with Gasteiger partial charge in [-0.25, -0.2) is 0 Å². The second-order valence-electron chi connectivity index (χ2n) is 6.13. The van der Waals surface area contributed by atoms with E-state index in [1.807, 2.05) is 26.8 Å². The van der Waals surface area contributed by atoms with Crippen LogP contribution in [0.15, 0.2) is 51.6 Å². The third-order valence-electron chi connectivity index (χ3n) is 3.94. The second kappa shape index (κ2) is 7.75. The third-order valence-corrected chi connectivity index (χ3v) is 4.37. The van der Waals surface area contributed by atoms with Crippen LogP contribution in [-0.4, -0.2) is 16.8 Å². The Kier molecular flexibility index (Phi) is 5.41. The first-order chi connectivity index (χ1) is 12.8. The molecule has 7 heteroatoms. The Hall–Kier alpha value is -2.93. The van der Waals surface area contributed by atoms with E-state index in [9.17, 15) is 9.59 Å². The van der Waals surface area contributed by atoms with E-state index in [-0.39, 0.29) is 11.7 Å². The van der Waals surface area contributed by atoms with Gasteiger partial charge in [0, 0.05) is 16.9 Å². The van der Waals surface area contributed by atoms with Crippen molar-refractivity contribution in [2.75, 3.05) is 10.6 Å². The van der Waals surface area contributed by atoms with Crippen molar-refractivity contribution in [3.05, 3.63) is 75.4 Å². The van der Waals surface area contributed by atoms with Gasteiger partial charge in [0.05, 0.1) is 11.4 Å². The maximum absolute atomic E-state index is 12.6. The van der Waals surface area contributed by atoms with Crippen LogP contribution < -0.4 is 10.6 Å². The lowest BCUT2D eigenvalue weighted by Gasteiger charge is -2.12. The number of hydrogen-bond donors (Lipinski definition) is 2. The topological polar surface area (TPSA) is 84.2 Å². The Balaban J connectivity index is 1.77. The van der Waals surface area contributed by atoms with Crippen LogP contribution in [0.4, 0.5) is 11.4 Å². The van der Waals surface area contributed by atoms with Gasteiger partial charge in [0.15, 0.2) is 10.4 Å². The van der Waals surface area contributed by atoms with E-state index < -0.39 is 5.91 Å². The minimum Gasteiger partial charge on any atom is -0.444 e. The molecule has 0 fully saturated rings. The molecule has 6 nitrogen and oxygen atoms in total. The maximum Gasteiger partial charge on any atom is 0.291 e. The molecular weight excluding hydrogens is 410 g/mol. The number of hydrogen-bond acceptors (Lipinski definition) is 4. The van der Waals surface area contributed by atoms with Crippen LogP contribution in [0.1, 0.15) is 37.9 Å². The summed E-state index contributed by atoms with van der Waals surface area (Å²) in [6.07, 6.45) is 0. The van der Waals surface area contributed by atoms with Crippen LogP contribution >= 0.6 is 15.9 Å². The molecule has 2 heterocycles. The highest BCUT2D eigenvalue weighted by Crippen LogP contribution is 2.21. The van der Waals surface area contributed by atoms with E-state index in [0.29, 0.717) is 21.6 Å². The van der Waals surface area contributed by atoms with Crippen molar-refractivity contribution in [1.29, 1.82) is 0 Å². The van der Waals surface area contributed by atoms with E-state index in [1.165, 1.54) is 0 Å². The number of anilines is 2. The molecule has 27 heavy (non-hydrogen) atoms. The lowest BCUT2D eigenvalue weighted by molar-refractivity contribution is 0.0992. The molecule has 0 aliphatic rings. The molecule has 0 saturated heterocycles. The van der Waals surface area contributed by atoms with Crippen LogP contribution in [0.5, 0.6) is 0 Å². The van der Waals surface area contributed by atoms with Gasteiger partial charge in [-0.1, -0.05) is 6.07 Å². The molecule has 0 unspecified atom stereocenters. The van der Waals surface area contributed by atoms with Gasteiger partial charge in [0.2, 0.25) is 0 Å². The fraction of sp³-hybridized carbons (Fsp3) is 0.150. The van der Waals surface area contributed by atoms with Crippen molar-refractivity contribution < 1.29 is 14.0 Å². The van der Waals surface area contributed by atoms with Gasteiger partial charge in [-0.15, -0.1) is 0 Å².